The van der Waals surface area contributed by atoms with Crippen molar-refractivity contribution in [1.82, 2.24) is 9.97 Å². The molecule has 1 aromatic heterocycles. The number of rotatable bonds is 7. The summed E-state index contributed by atoms with van der Waals surface area (Å²) in [6.07, 6.45) is 2.45. The normalized spacial score (nSPS) is 12.0. The van der Waals surface area contributed by atoms with Crippen LogP contribution in [0.2, 0.25) is 5.02 Å². The molecule has 1 atom stereocenters. The van der Waals surface area contributed by atoms with Crippen molar-refractivity contribution >= 4 is 17.5 Å². The first-order valence-corrected chi connectivity index (χ1v) is 6.98. The quantitative estimate of drug-likeness (QED) is 0.850. The monoisotopic (exact) mass is 307 g/mol. The van der Waals surface area contributed by atoms with E-state index in [9.17, 15) is 0 Å². The van der Waals surface area contributed by atoms with Crippen molar-refractivity contribution in [3.8, 4) is 5.88 Å². The summed E-state index contributed by atoms with van der Waals surface area (Å²) in [5.74, 6) is 1.04. The highest BCUT2D eigenvalue weighted by atomic mass is 35.5. The molecule has 0 saturated heterocycles. The summed E-state index contributed by atoms with van der Waals surface area (Å²) in [5.41, 5.74) is 1.10. The standard InChI is InChI=1S/C15H18ClN3O2/c1-20-10-8-13(11-3-5-12(16)6-4-11)18-15-17-9-7-14(19-15)21-2/h3-7,9,13H,8,10H2,1-2H3,(H,17,18,19). The van der Waals surface area contributed by atoms with Crippen LogP contribution in [0, 0.1) is 0 Å². The molecule has 0 spiro atoms. The highest BCUT2D eigenvalue weighted by Crippen LogP contribution is 2.23. The van der Waals surface area contributed by atoms with E-state index in [0.717, 1.165) is 12.0 Å². The van der Waals surface area contributed by atoms with Crippen LogP contribution in [0.3, 0.4) is 0 Å². The van der Waals surface area contributed by atoms with Crippen LogP contribution in [0.1, 0.15) is 18.0 Å². The number of anilines is 1. The Balaban J connectivity index is 2.17. The number of benzene rings is 1. The van der Waals surface area contributed by atoms with Gasteiger partial charge >= 0.3 is 0 Å². The van der Waals surface area contributed by atoms with Gasteiger partial charge in [0.15, 0.2) is 0 Å². The molecule has 0 aliphatic carbocycles. The molecule has 0 amide bonds. The zero-order valence-electron chi connectivity index (χ0n) is 12.0. The fourth-order valence-electron chi connectivity index (χ4n) is 1.93. The van der Waals surface area contributed by atoms with E-state index in [0.29, 0.717) is 23.5 Å². The number of halogens is 1. The maximum absolute atomic E-state index is 5.93. The third-order valence-corrected chi connectivity index (χ3v) is 3.28. The summed E-state index contributed by atoms with van der Waals surface area (Å²) in [5, 5.41) is 4.01. The Labute approximate surface area is 129 Å². The molecule has 1 unspecified atom stereocenters. The van der Waals surface area contributed by atoms with Gasteiger partial charge in [0.25, 0.3) is 0 Å². The lowest BCUT2D eigenvalue weighted by atomic mass is 10.0. The van der Waals surface area contributed by atoms with Crippen LogP contribution in [-0.2, 0) is 4.74 Å². The molecular formula is C15H18ClN3O2. The topological polar surface area (TPSA) is 56.3 Å². The molecule has 0 aliphatic rings. The van der Waals surface area contributed by atoms with E-state index in [4.69, 9.17) is 21.1 Å². The zero-order valence-corrected chi connectivity index (χ0v) is 12.8. The van der Waals surface area contributed by atoms with Gasteiger partial charge < -0.3 is 14.8 Å². The average Bonchev–Trinajstić information content (AvgIpc) is 2.52. The highest BCUT2D eigenvalue weighted by Gasteiger charge is 2.13. The predicted octanol–water partition coefficient (Wildman–Crippen LogP) is 3.33. The van der Waals surface area contributed by atoms with Gasteiger partial charge in [-0.2, -0.15) is 4.98 Å². The van der Waals surface area contributed by atoms with Crippen molar-refractivity contribution in [1.29, 1.82) is 0 Å². The summed E-state index contributed by atoms with van der Waals surface area (Å²) in [6.45, 7) is 0.629. The fourth-order valence-corrected chi connectivity index (χ4v) is 2.06. The maximum atomic E-state index is 5.93. The molecule has 0 saturated carbocycles. The van der Waals surface area contributed by atoms with Crippen LogP contribution in [0.5, 0.6) is 5.88 Å². The van der Waals surface area contributed by atoms with E-state index in [1.54, 1.807) is 26.5 Å². The molecule has 0 fully saturated rings. The molecule has 0 radical (unpaired) electrons. The molecule has 0 bridgehead atoms. The molecule has 21 heavy (non-hydrogen) atoms. The minimum atomic E-state index is 0.0364. The number of nitrogens with zero attached hydrogens (tertiary/aromatic N) is 2. The first-order chi connectivity index (χ1) is 10.2. The maximum Gasteiger partial charge on any atom is 0.226 e. The zero-order chi connectivity index (χ0) is 15.1. The number of methoxy groups -OCH3 is 2. The molecule has 0 aliphatic heterocycles. The third-order valence-electron chi connectivity index (χ3n) is 3.03. The van der Waals surface area contributed by atoms with Gasteiger partial charge in [-0.15, -0.1) is 0 Å². The summed E-state index contributed by atoms with van der Waals surface area (Å²) >= 11 is 5.93. The Morgan fingerprint density at radius 3 is 2.62 bits per heavy atom. The Morgan fingerprint density at radius 2 is 1.95 bits per heavy atom. The van der Waals surface area contributed by atoms with Crippen molar-refractivity contribution in [2.75, 3.05) is 26.1 Å². The second-order valence-corrected chi connectivity index (χ2v) is 4.89. The largest absolute Gasteiger partial charge is 0.481 e. The van der Waals surface area contributed by atoms with Crippen LogP contribution in [0.4, 0.5) is 5.95 Å². The number of hydrogen-bond donors (Lipinski definition) is 1. The van der Waals surface area contributed by atoms with Crippen molar-refractivity contribution in [3.63, 3.8) is 0 Å². The SMILES string of the molecule is COCCC(Nc1nccc(OC)n1)c1ccc(Cl)cc1. The Kier molecular flexibility index (Phi) is 5.78. The molecule has 1 aromatic carbocycles. The second-order valence-electron chi connectivity index (χ2n) is 4.45. The number of hydrogen-bond acceptors (Lipinski definition) is 5. The second kappa shape index (κ2) is 7.81. The van der Waals surface area contributed by atoms with Crippen molar-refractivity contribution in [2.24, 2.45) is 0 Å². The van der Waals surface area contributed by atoms with Gasteiger partial charge in [0.2, 0.25) is 11.8 Å². The first kappa shape index (κ1) is 15.5. The van der Waals surface area contributed by atoms with E-state index < -0.39 is 0 Å². The van der Waals surface area contributed by atoms with Gasteiger partial charge in [-0.1, -0.05) is 23.7 Å². The van der Waals surface area contributed by atoms with Gasteiger partial charge in [0.1, 0.15) is 0 Å². The summed E-state index contributed by atoms with van der Waals surface area (Å²) in [6, 6.07) is 9.44. The Bertz CT molecular complexity index is 563. The smallest absolute Gasteiger partial charge is 0.226 e. The molecule has 6 heteroatoms. The van der Waals surface area contributed by atoms with Gasteiger partial charge in [-0.05, 0) is 24.1 Å². The van der Waals surface area contributed by atoms with E-state index in [1.165, 1.54) is 0 Å². The predicted molar refractivity (Wildman–Crippen MR) is 82.9 cm³/mol. The van der Waals surface area contributed by atoms with E-state index in [2.05, 4.69) is 15.3 Å². The highest BCUT2D eigenvalue weighted by molar-refractivity contribution is 6.30. The van der Waals surface area contributed by atoms with Gasteiger partial charge in [0.05, 0.1) is 13.2 Å². The van der Waals surface area contributed by atoms with Gasteiger partial charge in [0, 0.05) is 31.0 Å². The Hall–Kier alpha value is -1.85. The molecule has 5 nitrogen and oxygen atoms in total. The third kappa shape index (κ3) is 4.58. The summed E-state index contributed by atoms with van der Waals surface area (Å²) in [7, 11) is 3.26. The summed E-state index contributed by atoms with van der Waals surface area (Å²) < 4.78 is 10.3. The van der Waals surface area contributed by atoms with Gasteiger partial charge in [-0.3, -0.25) is 0 Å². The molecule has 1 N–H and O–H groups in total. The van der Waals surface area contributed by atoms with Crippen LogP contribution in [-0.4, -0.2) is 30.8 Å². The van der Waals surface area contributed by atoms with Crippen molar-refractivity contribution in [3.05, 3.63) is 47.1 Å². The fraction of sp³-hybridized carbons (Fsp3) is 0.333. The van der Waals surface area contributed by atoms with Crippen molar-refractivity contribution < 1.29 is 9.47 Å². The molecule has 2 aromatic rings. The lowest BCUT2D eigenvalue weighted by molar-refractivity contribution is 0.190. The van der Waals surface area contributed by atoms with Gasteiger partial charge in [-0.25, -0.2) is 4.98 Å². The number of ether oxygens (including phenoxy) is 2. The average molecular weight is 308 g/mol. The molecule has 2 rings (SSSR count). The number of aromatic nitrogens is 2. The molecular weight excluding hydrogens is 290 g/mol. The van der Waals surface area contributed by atoms with Crippen LogP contribution in [0.15, 0.2) is 36.5 Å². The lowest BCUT2D eigenvalue weighted by Gasteiger charge is -2.19. The van der Waals surface area contributed by atoms with Crippen LogP contribution >= 0.6 is 11.6 Å². The van der Waals surface area contributed by atoms with E-state index in [1.807, 2.05) is 24.3 Å². The van der Waals surface area contributed by atoms with Crippen LogP contribution in [0.25, 0.3) is 0 Å². The molecule has 1 heterocycles. The van der Waals surface area contributed by atoms with E-state index in [-0.39, 0.29) is 6.04 Å². The Morgan fingerprint density at radius 1 is 1.19 bits per heavy atom. The van der Waals surface area contributed by atoms with Crippen LogP contribution < -0.4 is 10.1 Å². The summed E-state index contributed by atoms with van der Waals surface area (Å²) in [4.78, 5) is 8.48. The lowest BCUT2D eigenvalue weighted by Crippen LogP contribution is -2.15. The first-order valence-electron chi connectivity index (χ1n) is 6.61. The molecule has 112 valence electrons. The van der Waals surface area contributed by atoms with Crippen molar-refractivity contribution in [2.45, 2.75) is 12.5 Å². The minimum Gasteiger partial charge on any atom is -0.481 e. The minimum absolute atomic E-state index is 0.0364. The number of nitrogens with one attached hydrogen (secondary N) is 1. The van der Waals surface area contributed by atoms with E-state index >= 15 is 0 Å².